The van der Waals surface area contributed by atoms with Gasteiger partial charge in [0.1, 0.15) is 11.4 Å². The molecule has 0 aliphatic carbocycles. The van der Waals surface area contributed by atoms with Crippen LogP contribution in [0.5, 0.6) is 5.75 Å². The van der Waals surface area contributed by atoms with Gasteiger partial charge in [-0.3, -0.25) is 9.59 Å². The third-order valence-corrected chi connectivity index (χ3v) is 6.97. The fourth-order valence-electron chi connectivity index (χ4n) is 4.87. The first-order chi connectivity index (χ1) is 19.4. The fourth-order valence-corrected chi connectivity index (χ4v) is 4.87. The molecule has 2 aromatic carbocycles. The van der Waals surface area contributed by atoms with E-state index in [-0.39, 0.29) is 11.8 Å². The van der Waals surface area contributed by atoms with Crippen LogP contribution < -0.4 is 10.1 Å². The number of likely N-dealkylation sites (N-methyl/N-ethyl adjacent to an activating group) is 1. The van der Waals surface area contributed by atoms with Crippen LogP contribution in [0.15, 0.2) is 60.3 Å². The van der Waals surface area contributed by atoms with Crippen LogP contribution in [0.4, 0.5) is 4.79 Å². The number of alkyl carbamates (subject to hydrolysis) is 1. The van der Waals surface area contributed by atoms with Gasteiger partial charge in [0.15, 0.2) is 6.10 Å². The highest BCUT2D eigenvalue weighted by molar-refractivity contribution is 5.89. The second kappa shape index (κ2) is 14.2. The maximum atomic E-state index is 14.1. The number of hydrogen-bond donors (Lipinski definition) is 1. The van der Waals surface area contributed by atoms with E-state index in [1.54, 1.807) is 12.0 Å². The number of ether oxygens (including phenoxy) is 3. The lowest BCUT2D eigenvalue weighted by molar-refractivity contribution is -0.159. The average molecular weight is 566 g/mol. The molecular formula is C32H43N3O6. The molecule has 1 N–H and O–H groups in total. The van der Waals surface area contributed by atoms with E-state index in [4.69, 9.17) is 14.2 Å². The molecule has 1 aliphatic rings. The Morgan fingerprint density at radius 2 is 1.71 bits per heavy atom. The molecule has 0 saturated heterocycles. The topological polar surface area (TPSA) is 97.4 Å². The fraction of sp³-hybridized carbons (Fsp3) is 0.469. The zero-order chi connectivity index (χ0) is 30.2. The number of nitrogens with one attached hydrogen (secondary N) is 1. The molecule has 0 saturated carbocycles. The Morgan fingerprint density at radius 3 is 2.29 bits per heavy atom. The highest BCUT2D eigenvalue weighted by Gasteiger charge is 2.40. The highest BCUT2D eigenvalue weighted by atomic mass is 16.6. The lowest BCUT2D eigenvalue weighted by Gasteiger charge is -2.30. The van der Waals surface area contributed by atoms with Crippen molar-refractivity contribution in [2.45, 2.75) is 58.7 Å². The van der Waals surface area contributed by atoms with Crippen LogP contribution in [0, 0.1) is 0 Å². The first-order valence-electron chi connectivity index (χ1n) is 13.9. The number of carbonyl (C=O) groups excluding carboxylic acids is 3. The summed E-state index contributed by atoms with van der Waals surface area (Å²) in [7, 11) is 3.54. The van der Waals surface area contributed by atoms with Crippen molar-refractivity contribution in [3.63, 3.8) is 0 Å². The van der Waals surface area contributed by atoms with Gasteiger partial charge in [0, 0.05) is 44.7 Å². The van der Waals surface area contributed by atoms with Gasteiger partial charge >= 0.3 is 12.1 Å². The smallest absolute Gasteiger partial charge is 0.407 e. The molecule has 0 spiro atoms. The molecule has 2 aromatic rings. The molecule has 0 radical (unpaired) electrons. The van der Waals surface area contributed by atoms with Gasteiger partial charge in [-0.05, 0) is 70.0 Å². The second-order valence-corrected chi connectivity index (χ2v) is 11.3. The number of hydrogen-bond acceptors (Lipinski definition) is 7. The van der Waals surface area contributed by atoms with Crippen molar-refractivity contribution in [1.82, 2.24) is 15.1 Å². The summed E-state index contributed by atoms with van der Waals surface area (Å²) in [5.74, 6) is -0.445. The first kappa shape index (κ1) is 31.7. The van der Waals surface area contributed by atoms with Crippen LogP contribution in [0.3, 0.4) is 0 Å². The maximum Gasteiger partial charge on any atom is 0.407 e. The molecule has 41 heavy (non-hydrogen) atoms. The van der Waals surface area contributed by atoms with Crippen molar-refractivity contribution in [1.29, 1.82) is 0 Å². The van der Waals surface area contributed by atoms with Gasteiger partial charge in [-0.25, -0.2) is 4.79 Å². The Hall–Kier alpha value is -3.85. The van der Waals surface area contributed by atoms with E-state index in [0.29, 0.717) is 38.3 Å². The van der Waals surface area contributed by atoms with Gasteiger partial charge in [-0.2, -0.15) is 0 Å². The Bertz CT molecular complexity index is 1220. The van der Waals surface area contributed by atoms with Crippen LogP contribution in [-0.4, -0.2) is 79.8 Å². The summed E-state index contributed by atoms with van der Waals surface area (Å²) in [5.41, 5.74) is 3.18. The molecule has 9 heteroatoms. The number of methoxy groups -OCH3 is 1. The summed E-state index contributed by atoms with van der Waals surface area (Å²) >= 11 is 0. The van der Waals surface area contributed by atoms with E-state index in [1.165, 1.54) is 6.92 Å². The lowest BCUT2D eigenvalue weighted by atomic mass is 9.85. The predicted octanol–water partition coefficient (Wildman–Crippen LogP) is 4.83. The molecule has 2 atom stereocenters. The quantitative estimate of drug-likeness (QED) is 0.412. The summed E-state index contributed by atoms with van der Waals surface area (Å²) in [6.45, 7) is 10.6. The van der Waals surface area contributed by atoms with Gasteiger partial charge in [0.25, 0.3) is 5.91 Å². The van der Waals surface area contributed by atoms with Gasteiger partial charge in [-0.15, -0.1) is 0 Å². The molecule has 222 valence electrons. The number of carbonyl (C=O) groups is 3. The summed E-state index contributed by atoms with van der Waals surface area (Å²) in [5, 5.41) is 2.77. The van der Waals surface area contributed by atoms with Gasteiger partial charge in [0.05, 0.1) is 7.11 Å². The van der Waals surface area contributed by atoms with Crippen molar-refractivity contribution in [3.05, 3.63) is 71.4 Å². The molecule has 2 amide bonds. The standard InChI is InChI=1S/C32H43N3O6/c1-22-27(24-11-9-8-10-12-24)21-28(25-13-15-26(39-7)16-14-25)29(40-23(2)36)30(37)35(22)20-19-34(6)18-17-33-31(38)41-32(3,4)5/h8-16,28-29H,17-21H2,1-7H3,(H,33,38)/t28-,29+/m0/s1. The van der Waals surface area contributed by atoms with E-state index < -0.39 is 23.8 Å². The van der Waals surface area contributed by atoms with E-state index in [0.717, 1.165) is 22.4 Å². The highest BCUT2D eigenvalue weighted by Crippen LogP contribution is 2.40. The van der Waals surface area contributed by atoms with Gasteiger partial charge < -0.3 is 29.3 Å². The molecule has 0 unspecified atom stereocenters. The van der Waals surface area contributed by atoms with Crippen LogP contribution >= 0.6 is 0 Å². The van der Waals surface area contributed by atoms with Gasteiger partial charge in [-0.1, -0.05) is 42.5 Å². The summed E-state index contributed by atoms with van der Waals surface area (Å²) in [4.78, 5) is 42.1. The molecule has 1 heterocycles. The third-order valence-electron chi connectivity index (χ3n) is 6.97. The number of benzene rings is 2. The van der Waals surface area contributed by atoms with Gasteiger partial charge in [0.2, 0.25) is 0 Å². The Morgan fingerprint density at radius 1 is 1.05 bits per heavy atom. The first-order valence-corrected chi connectivity index (χ1v) is 13.9. The molecule has 0 aromatic heterocycles. The van der Waals surface area contributed by atoms with E-state index in [2.05, 4.69) is 5.32 Å². The minimum absolute atomic E-state index is 0.260. The Kier molecular flexibility index (Phi) is 10.9. The Balaban J connectivity index is 1.86. The van der Waals surface area contributed by atoms with Crippen LogP contribution in [0.25, 0.3) is 5.57 Å². The Labute approximate surface area is 243 Å². The third kappa shape index (κ3) is 9.08. The number of esters is 1. The molecular weight excluding hydrogens is 522 g/mol. The monoisotopic (exact) mass is 565 g/mol. The average Bonchev–Trinajstić information content (AvgIpc) is 3.01. The molecule has 3 rings (SSSR count). The number of allylic oxidation sites excluding steroid dienone is 2. The summed E-state index contributed by atoms with van der Waals surface area (Å²) < 4.78 is 16.4. The molecule has 1 aliphatic heterocycles. The van der Waals surface area contributed by atoms with Crippen molar-refractivity contribution in [2.24, 2.45) is 0 Å². The second-order valence-electron chi connectivity index (χ2n) is 11.3. The van der Waals surface area contributed by atoms with Crippen molar-refractivity contribution < 1.29 is 28.6 Å². The summed E-state index contributed by atoms with van der Waals surface area (Å²) in [6.07, 6.45) is -0.942. The van der Waals surface area contributed by atoms with Crippen molar-refractivity contribution >= 4 is 23.5 Å². The van der Waals surface area contributed by atoms with E-state index in [9.17, 15) is 14.4 Å². The van der Waals surface area contributed by atoms with Crippen LogP contribution in [0.1, 0.15) is 58.1 Å². The number of amides is 2. The SMILES string of the molecule is COc1ccc([C@@H]2CC(c3ccccc3)=C(C)N(CCN(C)CCNC(=O)OC(C)(C)C)C(=O)[C@@H]2OC(C)=O)cc1. The zero-order valence-electron chi connectivity index (χ0n) is 25.2. The minimum Gasteiger partial charge on any atom is -0.497 e. The zero-order valence-corrected chi connectivity index (χ0v) is 25.2. The molecule has 9 nitrogen and oxygen atoms in total. The number of nitrogens with zero attached hydrogens (tertiary/aromatic N) is 2. The summed E-state index contributed by atoms with van der Waals surface area (Å²) in [6, 6.07) is 17.5. The van der Waals surface area contributed by atoms with Crippen LogP contribution in [0.2, 0.25) is 0 Å². The largest absolute Gasteiger partial charge is 0.497 e. The van der Waals surface area contributed by atoms with E-state index >= 15 is 0 Å². The van der Waals surface area contributed by atoms with Crippen LogP contribution in [-0.2, 0) is 19.1 Å². The predicted molar refractivity (Wildman–Crippen MR) is 158 cm³/mol. The minimum atomic E-state index is -0.990. The van der Waals surface area contributed by atoms with Crippen molar-refractivity contribution in [2.75, 3.05) is 40.3 Å². The normalized spacial score (nSPS) is 17.8. The number of rotatable bonds is 10. The van der Waals surface area contributed by atoms with Crippen molar-refractivity contribution in [3.8, 4) is 5.75 Å². The van der Waals surface area contributed by atoms with E-state index in [1.807, 2.05) is 94.2 Å². The molecule has 0 fully saturated rings. The molecule has 0 bridgehead atoms. The maximum absolute atomic E-state index is 14.1. The lowest BCUT2D eigenvalue weighted by Crippen LogP contribution is -2.45.